The Labute approximate surface area is 109 Å². The highest BCUT2D eigenvalue weighted by atomic mass is 16.5. The zero-order chi connectivity index (χ0) is 13.0. The van der Waals surface area contributed by atoms with E-state index in [0.717, 1.165) is 37.3 Å². The molecule has 0 spiro atoms. The van der Waals surface area contributed by atoms with Crippen LogP contribution in [0.5, 0.6) is 0 Å². The standard InChI is InChI=1S/C15H21NO2/c1-11-3-4-12(2)14(9-11)16-15(17)10-13-5-7-18-8-6-13/h3-4,9,13H,5-8,10H2,1-2H3,(H,16,17). The summed E-state index contributed by atoms with van der Waals surface area (Å²) in [6, 6.07) is 6.13. The quantitative estimate of drug-likeness (QED) is 0.891. The van der Waals surface area contributed by atoms with Gasteiger partial charge in [-0.3, -0.25) is 4.79 Å². The fraction of sp³-hybridized carbons (Fsp3) is 0.533. The van der Waals surface area contributed by atoms with Crippen LogP contribution in [0.1, 0.15) is 30.4 Å². The molecular formula is C15H21NO2. The Morgan fingerprint density at radius 1 is 1.33 bits per heavy atom. The van der Waals surface area contributed by atoms with Crippen LogP contribution in [-0.2, 0) is 9.53 Å². The van der Waals surface area contributed by atoms with E-state index >= 15 is 0 Å². The Morgan fingerprint density at radius 2 is 2.06 bits per heavy atom. The van der Waals surface area contributed by atoms with Gasteiger partial charge in [0.05, 0.1) is 0 Å². The van der Waals surface area contributed by atoms with E-state index in [1.165, 1.54) is 5.56 Å². The Bertz CT molecular complexity index is 423. The maximum absolute atomic E-state index is 12.0. The lowest BCUT2D eigenvalue weighted by Crippen LogP contribution is -2.22. The minimum atomic E-state index is 0.121. The molecule has 0 aromatic heterocycles. The lowest BCUT2D eigenvalue weighted by Gasteiger charge is -2.21. The summed E-state index contributed by atoms with van der Waals surface area (Å²) in [6.45, 7) is 5.64. The summed E-state index contributed by atoms with van der Waals surface area (Å²) in [5.41, 5.74) is 3.22. The average molecular weight is 247 g/mol. The van der Waals surface area contributed by atoms with Crippen LogP contribution in [0.15, 0.2) is 18.2 Å². The monoisotopic (exact) mass is 247 g/mol. The molecule has 98 valence electrons. The van der Waals surface area contributed by atoms with Crippen LogP contribution in [0, 0.1) is 19.8 Å². The fourth-order valence-corrected chi connectivity index (χ4v) is 2.28. The first kappa shape index (κ1) is 13.1. The maximum Gasteiger partial charge on any atom is 0.224 e. The highest BCUT2D eigenvalue weighted by molar-refractivity contribution is 5.91. The van der Waals surface area contributed by atoms with Crippen LogP contribution in [0.25, 0.3) is 0 Å². The Morgan fingerprint density at radius 3 is 2.78 bits per heavy atom. The number of ether oxygens (including phenoxy) is 1. The third-order valence-corrected chi connectivity index (χ3v) is 3.48. The molecule has 1 aromatic rings. The highest BCUT2D eigenvalue weighted by Gasteiger charge is 2.17. The number of amides is 1. The molecule has 0 aliphatic carbocycles. The summed E-state index contributed by atoms with van der Waals surface area (Å²) in [5.74, 6) is 0.597. The van der Waals surface area contributed by atoms with Gasteiger partial charge in [0.1, 0.15) is 0 Å². The second-order valence-electron chi connectivity index (χ2n) is 5.13. The van der Waals surface area contributed by atoms with Crippen molar-refractivity contribution in [3.05, 3.63) is 29.3 Å². The van der Waals surface area contributed by atoms with Crippen LogP contribution in [0.2, 0.25) is 0 Å². The molecular weight excluding hydrogens is 226 g/mol. The number of hydrogen-bond donors (Lipinski definition) is 1. The van der Waals surface area contributed by atoms with Crippen molar-refractivity contribution < 1.29 is 9.53 Å². The van der Waals surface area contributed by atoms with Crippen LogP contribution in [-0.4, -0.2) is 19.1 Å². The number of nitrogens with one attached hydrogen (secondary N) is 1. The largest absolute Gasteiger partial charge is 0.381 e. The SMILES string of the molecule is Cc1ccc(C)c(NC(=O)CC2CCOCC2)c1. The summed E-state index contributed by atoms with van der Waals surface area (Å²) in [5, 5.41) is 3.02. The molecule has 1 amide bonds. The maximum atomic E-state index is 12.0. The molecule has 0 radical (unpaired) electrons. The molecule has 0 bridgehead atoms. The first-order valence-electron chi connectivity index (χ1n) is 6.60. The van der Waals surface area contributed by atoms with Crippen LogP contribution < -0.4 is 5.32 Å². The third kappa shape index (κ3) is 3.57. The molecule has 1 heterocycles. The number of carbonyl (C=O) groups excluding carboxylic acids is 1. The van der Waals surface area contributed by atoms with Gasteiger partial charge in [0, 0.05) is 25.3 Å². The summed E-state index contributed by atoms with van der Waals surface area (Å²) >= 11 is 0. The second kappa shape index (κ2) is 6.01. The van der Waals surface area contributed by atoms with Crippen molar-refractivity contribution in [3.63, 3.8) is 0 Å². The van der Waals surface area contributed by atoms with Crippen molar-refractivity contribution in [3.8, 4) is 0 Å². The molecule has 0 saturated carbocycles. The zero-order valence-corrected chi connectivity index (χ0v) is 11.2. The average Bonchev–Trinajstić information content (AvgIpc) is 2.35. The molecule has 1 saturated heterocycles. The number of carbonyl (C=O) groups is 1. The molecule has 1 N–H and O–H groups in total. The summed E-state index contributed by atoms with van der Waals surface area (Å²) in [7, 11) is 0. The van der Waals surface area contributed by atoms with E-state index in [4.69, 9.17) is 4.74 Å². The van der Waals surface area contributed by atoms with Crippen LogP contribution in [0.4, 0.5) is 5.69 Å². The van der Waals surface area contributed by atoms with Gasteiger partial charge in [-0.05, 0) is 49.8 Å². The molecule has 1 fully saturated rings. The third-order valence-electron chi connectivity index (χ3n) is 3.48. The van der Waals surface area contributed by atoms with Crippen molar-refractivity contribution in [2.75, 3.05) is 18.5 Å². The van der Waals surface area contributed by atoms with E-state index in [-0.39, 0.29) is 5.91 Å². The van der Waals surface area contributed by atoms with Gasteiger partial charge in [-0.1, -0.05) is 12.1 Å². The minimum Gasteiger partial charge on any atom is -0.381 e. The van der Waals surface area contributed by atoms with E-state index in [0.29, 0.717) is 12.3 Å². The molecule has 1 aromatic carbocycles. The van der Waals surface area contributed by atoms with Crippen molar-refractivity contribution in [1.82, 2.24) is 0 Å². The molecule has 18 heavy (non-hydrogen) atoms. The van der Waals surface area contributed by atoms with Gasteiger partial charge in [-0.15, -0.1) is 0 Å². The van der Waals surface area contributed by atoms with Gasteiger partial charge in [0.2, 0.25) is 5.91 Å². The number of rotatable bonds is 3. The first-order valence-corrected chi connectivity index (χ1v) is 6.60. The van der Waals surface area contributed by atoms with E-state index < -0.39 is 0 Å². The fourth-order valence-electron chi connectivity index (χ4n) is 2.28. The topological polar surface area (TPSA) is 38.3 Å². The highest BCUT2D eigenvalue weighted by Crippen LogP contribution is 2.21. The second-order valence-corrected chi connectivity index (χ2v) is 5.13. The van der Waals surface area contributed by atoms with E-state index in [9.17, 15) is 4.79 Å². The van der Waals surface area contributed by atoms with Gasteiger partial charge in [0.25, 0.3) is 0 Å². The minimum absolute atomic E-state index is 0.121. The number of hydrogen-bond acceptors (Lipinski definition) is 2. The zero-order valence-electron chi connectivity index (χ0n) is 11.2. The number of anilines is 1. The molecule has 1 aliphatic heterocycles. The lowest BCUT2D eigenvalue weighted by molar-refractivity contribution is -0.117. The van der Waals surface area contributed by atoms with Crippen molar-refractivity contribution in [2.45, 2.75) is 33.1 Å². The Kier molecular flexibility index (Phi) is 4.37. The molecule has 0 atom stereocenters. The number of aryl methyl sites for hydroxylation is 2. The molecule has 0 unspecified atom stereocenters. The van der Waals surface area contributed by atoms with Gasteiger partial charge >= 0.3 is 0 Å². The van der Waals surface area contributed by atoms with E-state index in [1.54, 1.807) is 0 Å². The van der Waals surface area contributed by atoms with Gasteiger partial charge in [-0.2, -0.15) is 0 Å². The summed E-state index contributed by atoms with van der Waals surface area (Å²) < 4.78 is 5.30. The molecule has 3 nitrogen and oxygen atoms in total. The molecule has 1 aliphatic rings. The first-order chi connectivity index (χ1) is 8.65. The van der Waals surface area contributed by atoms with Crippen molar-refractivity contribution in [1.29, 1.82) is 0 Å². The van der Waals surface area contributed by atoms with Gasteiger partial charge < -0.3 is 10.1 Å². The summed E-state index contributed by atoms with van der Waals surface area (Å²) in [4.78, 5) is 12.0. The lowest BCUT2D eigenvalue weighted by atomic mass is 9.96. The van der Waals surface area contributed by atoms with E-state index in [1.807, 2.05) is 26.0 Å². The van der Waals surface area contributed by atoms with Gasteiger partial charge in [0.15, 0.2) is 0 Å². The van der Waals surface area contributed by atoms with Crippen LogP contribution >= 0.6 is 0 Å². The van der Waals surface area contributed by atoms with Crippen molar-refractivity contribution >= 4 is 11.6 Å². The predicted molar refractivity (Wildman–Crippen MR) is 72.7 cm³/mol. The van der Waals surface area contributed by atoms with E-state index in [2.05, 4.69) is 11.4 Å². The van der Waals surface area contributed by atoms with Gasteiger partial charge in [-0.25, -0.2) is 0 Å². The van der Waals surface area contributed by atoms with Crippen molar-refractivity contribution in [2.24, 2.45) is 5.92 Å². The number of benzene rings is 1. The normalized spacial score (nSPS) is 16.6. The smallest absolute Gasteiger partial charge is 0.224 e. The molecule has 2 rings (SSSR count). The molecule has 3 heteroatoms. The Balaban J connectivity index is 1.92. The summed E-state index contributed by atoms with van der Waals surface area (Å²) in [6.07, 6.45) is 2.61. The van der Waals surface area contributed by atoms with Crippen LogP contribution in [0.3, 0.4) is 0 Å². The Hall–Kier alpha value is -1.35. The predicted octanol–water partition coefficient (Wildman–Crippen LogP) is 3.06.